The van der Waals surface area contributed by atoms with Gasteiger partial charge in [-0.2, -0.15) is 5.26 Å². The summed E-state index contributed by atoms with van der Waals surface area (Å²) in [5.74, 6) is 0.282. The zero-order valence-corrected chi connectivity index (χ0v) is 11.2. The van der Waals surface area contributed by atoms with E-state index in [0.29, 0.717) is 29.1 Å². The van der Waals surface area contributed by atoms with E-state index in [0.717, 1.165) is 4.90 Å². The van der Waals surface area contributed by atoms with Crippen molar-refractivity contribution in [2.24, 2.45) is 0 Å². The zero-order valence-electron chi connectivity index (χ0n) is 11.2. The molecule has 0 saturated carbocycles. The van der Waals surface area contributed by atoms with Gasteiger partial charge in [0.15, 0.2) is 0 Å². The predicted octanol–water partition coefficient (Wildman–Crippen LogP) is 1.99. The lowest BCUT2D eigenvalue weighted by Gasteiger charge is -2.05. The van der Waals surface area contributed by atoms with Crippen LogP contribution >= 0.6 is 0 Å². The van der Waals surface area contributed by atoms with Crippen LogP contribution in [-0.2, 0) is 6.54 Å². The second-order valence-corrected chi connectivity index (χ2v) is 4.66. The van der Waals surface area contributed by atoms with Crippen molar-refractivity contribution in [2.45, 2.75) is 6.54 Å². The summed E-state index contributed by atoms with van der Waals surface area (Å²) in [6.07, 6.45) is 0. The van der Waals surface area contributed by atoms with Crippen molar-refractivity contribution in [1.29, 1.82) is 5.26 Å². The predicted molar refractivity (Wildman–Crippen MR) is 73.6 cm³/mol. The first-order valence-corrected chi connectivity index (χ1v) is 6.29. The molecular formula is C15H11N3O3. The molecule has 0 unspecified atom stereocenters. The molecule has 1 aromatic carbocycles. The second-order valence-electron chi connectivity index (χ2n) is 4.66. The Morgan fingerprint density at radius 3 is 2.67 bits per heavy atom. The van der Waals surface area contributed by atoms with Gasteiger partial charge in [-0.15, -0.1) is 0 Å². The van der Waals surface area contributed by atoms with Crippen LogP contribution in [-0.4, -0.2) is 23.8 Å². The fourth-order valence-corrected chi connectivity index (χ4v) is 2.19. The number of hydrogen-bond acceptors (Lipinski definition) is 5. The van der Waals surface area contributed by atoms with Gasteiger partial charge in [0.25, 0.3) is 11.8 Å². The van der Waals surface area contributed by atoms with Crippen molar-refractivity contribution in [1.82, 2.24) is 4.90 Å². The van der Waals surface area contributed by atoms with E-state index in [1.165, 1.54) is 7.05 Å². The van der Waals surface area contributed by atoms with E-state index in [4.69, 9.17) is 9.68 Å². The van der Waals surface area contributed by atoms with E-state index < -0.39 is 0 Å². The van der Waals surface area contributed by atoms with Crippen LogP contribution in [0.5, 0.6) is 0 Å². The number of rotatable bonds is 3. The van der Waals surface area contributed by atoms with Gasteiger partial charge in [0.05, 0.1) is 17.7 Å². The highest BCUT2D eigenvalue weighted by Crippen LogP contribution is 2.25. The number of nitrogens with zero attached hydrogens (tertiary/aromatic N) is 2. The molecule has 0 atom stereocenters. The van der Waals surface area contributed by atoms with Gasteiger partial charge >= 0.3 is 0 Å². The van der Waals surface area contributed by atoms with Crippen molar-refractivity contribution >= 4 is 17.5 Å². The number of benzene rings is 1. The topological polar surface area (TPSA) is 86.3 Å². The Hall–Kier alpha value is -3.07. The Labute approximate surface area is 120 Å². The van der Waals surface area contributed by atoms with Crippen LogP contribution in [0.1, 0.15) is 32.2 Å². The number of nitriles is 1. The average molecular weight is 281 g/mol. The number of hydrogen-bond donors (Lipinski definition) is 1. The standard InChI is InChI=1S/C15H11N3O3/c1-18-14(19)12-5-2-9(6-13(12)15(18)20)17-8-11-4-3-10(7-16)21-11/h2-6,17H,8H2,1H3. The summed E-state index contributed by atoms with van der Waals surface area (Å²) < 4.78 is 5.25. The van der Waals surface area contributed by atoms with Gasteiger partial charge in [-0.3, -0.25) is 14.5 Å². The van der Waals surface area contributed by atoms with Crippen LogP contribution in [0.3, 0.4) is 0 Å². The van der Waals surface area contributed by atoms with Gasteiger partial charge in [0, 0.05) is 12.7 Å². The number of imide groups is 1. The molecule has 0 fully saturated rings. The van der Waals surface area contributed by atoms with E-state index in [9.17, 15) is 9.59 Å². The van der Waals surface area contributed by atoms with E-state index >= 15 is 0 Å². The first kappa shape index (κ1) is 12.9. The van der Waals surface area contributed by atoms with Gasteiger partial charge in [-0.05, 0) is 30.3 Å². The van der Waals surface area contributed by atoms with Crippen LogP contribution < -0.4 is 5.32 Å². The molecule has 3 rings (SSSR count). The molecule has 6 nitrogen and oxygen atoms in total. The van der Waals surface area contributed by atoms with Crippen LogP contribution in [0.15, 0.2) is 34.7 Å². The maximum Gasteiger partial charge on any atom is 0.261 e. The third kappa shape index (κ3) is 2.15. The Morgan fingerprint density at radius 1 is 1.19 bits per heavy atom. The maximum absolute atomic E-state index is 11.9. The molecule has 1 aliphatic rings. The fraction of sp³-hybridized carbons (Fsp3) is 0.133. The Kier molecular flexibility index (Phi) is 2.95. The van der Waals surface area contributed by atoms with Crippen LogP contribution in [0.4, 0.5) is 5.69 Å². The number of carbonyl (C=O) groups excluding carboxylic acids is 2. The van der Waals surface area contributed by atoms with E-state index in [-0.39, 0.29) is 17.6 Å². The molecule has 2 aromatic rings. The molecule has 2 heterocycles. The molecule has 1 aliphatic heterocycles. The molecule has 104 valence electrons. The summed E-state index contributed by atoms with van der Waals surface area (Å²) in [5, 5.41) is 11.8. The number of nitrogens with one attached hydrogen (secondary N) is 1. The number of anilines is 1. The average Bonchev–Trinajstić information content (AvgIpc) is 3.05. The molecule has 1 N–H and O–H groups in total. The molecule has 21 heavy (non-hydrogen) atoms. The maximum atomic E-state index is 11.9. The van der Waals surface area contributed by atoms with Crippen LogP contribution in [0, 0.1) is 11.3 Å². The summed E-state index contributed by atoms with van der Waals surface area (Å²) in [6, 6.07) is 10.2. The molecule has 2 amide bonds. The monoisotopic (exact) mass is 281 g/mol. The van der Waals surface area contributed by atoms with Gasteiger partial charge in [0.1, 0.15) is 11.8 Å². The van der Waals surface area contributed by atoms with Crippen molar-refractivity contribution < 1.29 is 14.0 Å². The lowest BCUT2D eigenvalue weighted by atomic mass is 10.1. The summed E-state index contributed by atoms with van der Waals surface area (Å²) in [7, 11) is 1.46. The minimum absolute atomic E-state index is 0.253. The van der Waals surface area contributed by atoms with E-state index in [1.54, 1.807) is 30.3 Å². The highest BCUT2D eigenvalue weighted by atomic mass is 16.3. The normalized spacial score (nSPS) is 13.2. The molecule has 0 aliphatic carbocycles. The van der Waals surface area contributed by atoms with E-state index in [1.807, 2.05) is 6.07 Å². The molecular weight excluding hydrogens is 270 g/mol. The summed E-state index contributed by atoms with van der Waals surface area (Å²) >= 11 is 0. The molecule has 6 heteroatoms. The molecule has 0 bridgehead atoms. The van der Waals surface area contributed by atoms with Gasteiger partial charge in [-0.1, -0.05) is 0 Å². The molecule has 0 spiro atoms. The second kappa shape index (κ2) is 4.80. The Morgan fingerprint density at radius 2 is 1.95 bits per heavy atom. The molecule has 1 aromatic heterocycles. The van der Waals surface area contributed by atoms with Crippen molar-refractivity contribution in [3.63, 3.8) is 0 Å². The lowest BCUT2D eigenvalue weighted by Crippen LogP contribution is -2.24. The van der Waals surface area contributed by atoms with Gasteiger partial charge < -0.3 is 9.73 Å². The number of furan rings is 1. The van der Waals surface area contributed by atoms with Crippen LogP contribution in [0.25, 0.3) is 0 Å². The number of carbonyl (C=O) groups is 2. The smallest absolute Gasteiger partial charge is 0.261 e. The third-order valence-electron chi connectivity index (χ3n) is 3.33. The first-order valence-electron chi connectivity index (χ1n) is 6.29. The molecule has 0 saturated heterocycles. The molecule has 0 radical (unpaired) electrons. The number of amides is 2. The van der Waals surface area contributed by atoms with Gasteiger partial charge in [-0.25, -0.2) is 0 Å². The van der Waals surface area contributed by atoms with Crippen molar-refractivity contribution in [3.05, 3.63) is 53.0 Å². The van der Waals surface area contributed by atoms with Crippen molar-refractivity contribution in [3.8, 4) is 6.07 Å². The van der Waals surface area contributed by atoms with Crippen LogP contribution in [0.2, 0.25) is 0 Å². The minimum Gasteiger partial charge on any atom is -0.449 e. The highest BCUT2D eigenvalue weighted by Gasteiger charge is 2.32. The third-order valence-corrected chi connectivity index (χ3v) is 3.33. The minimum atomic E-state index is -0.302. The number of fused-ring (bicyclic) bond motifs is 1. The Balaban J connectivity index is 1.78. The van der Waals surface area contributed by atoms with Gasteiger partial charge in [0.2, 0.25) is 5.76 Å². The lowest BCUT2D eigenvalue weighted by molar-refractivity contribution is 0.0693. The first-order chi connectivity index (χ1) is 10.1. The fourth-order valence-electron chi connectivity index (χ4n) is 2.19. The van der Waals surface area contributed by atoms with Crippen molar-refractivity contribution in [2.75, 3.05) is 12.4 Å². The SMILES string of the molecule is CN1C(=O)c2ccc(NCc3ccc(C#N)o3)cc2C1=O. The summed E-state index contributed by atoms with van der Waals surface area (Å²) in [6.45, 7) is 0.387. The largest absolute Gasteiger partial charge is 0.449 e. The summed E-state index contributed by atoms with van der Waals surface area (Å²) in [5.41, 5.74) is 1.52. The zero-order chi connectivity index (χ0) is 15.0. The van der Waals surface area contributed by atoms with E-state index in [2.05, 4.69) is 5.32 Å². The highest BCUT2D eigenvalue weighted by molar-refractivity contribution is 6.21. The quantitative estimate of drug-likeness (QED) is 0.869. The Bertz CT molecular complexity index is 786. The summed E-state index contributed by atoms with van der Waals surface area (Å²) in [4.78, 5) is 24.8.